The molecule has 12 N–H and O–H groups in total. The lowest BCUT2D eigenvalue weighted by Crippen LogP contribution is -2.38. The number of amides is 3. The maximum atomic E-state index is 12.7. The van der Waals surface area contributed by atoms with Crippen LogP contribution in [0, 0.1) is 5.92 Å². The van der Waals surface area contributed by atoms with E-state index in [4.69, 9.17) is 45.8 Å². The molecule has 0 saturated heterocycles. The van der Waals surface area contributed by atoms with E-state index in [1.165, 1.54) is 0 Å². The number of carboxylic acid groups (broad SMARTS) is 3. The molecule has 3 aromatic rings. The SMILES string of the molecule is N[C@@H](CNC(=O)CC(CC(=O)NC[C@H](N)c1nc(C(=O)O)co1)CC(=O)NC[C@H](N)c1nc(C(=O)O)co1)c1nc(C(=O)O)co1. The van der Waals surface area contributed by atoms with E-state index in [2.05, 4.69) is 30.9 Å². The second-order valence-electron chi connectivity index (χ2n) is 9.84. The molecule has 0 aliphatic carbocycles. The summed E-state index contributed by atoms with van der Waals surface area (Å²) in [5.74, 6) is -7.10. The number of carbonyl (C=O) groups is 6. The van der Waals surface area contributed by atoms with Crippen molar-refractivity contribution in [2.75, 3.05) is 19.6 Å². The third kappa shape index (κ3) is 10.2. The Balaban J connectivity index is 1.58. The normalized spacial score (nSPS) is 13.0. The van der Waals surface area contributed by atoms with Crippen LogP contribution < -0.4 is 33.2 Å². The number of aromatic carboxylic acids is 3. The van der Waals surface area contributed by atoms with Gasteiger partial charge in [-0.25, -0.2) is 29.3 Å². The first-order valence-corrected chi connectivity index (χ1v) is 13.4. The Morgan fingerprint density at radius 2 is 0.826 bits per heavy atom. The summed E-state index contributed by atoms with van der Waals surface area (Å²) >= 11 is 0. The van der Waals surface area contributed by atoms with E-state index < -0.39 is 59.7 Å². The molecule has 0 fully saturated rings. The van der Waals surface area contributed by atoms with Crippen LogP contribution in [0.5, 0.6) is 0 Å². The van der Waals surface area contributed by atoms with Gasteiger partial charge in [-0.15, -0.1) is 0 Å². The quantitative estimate of drug-likeness (QED) is 0.0739. The zero-order valence-electron chi connectivity index (χ0n) is 23.9. The van der Waals surface area contributed by atoms with Crippen LogP contribution in [0.3, 0.4) is 0 Å². The summed E-state index contributed by atoms with van der Waals surface area (Å²) in [7, 11) is 0. The molecule has 21 nitrogen and oxygen atoms in total. The maximum Gasteiger partial charge on any atom is 0.357 e. The molecule has 0 saturated carbocycles. The molecule has 248 valence electrons. The summed E-state index contributed by atoms with van der Waals surface area (Å²) in [4.78, 5) is 82.3. The standard InChI is InChI=1S/C25H31N9O12/c26-11(20-32-14(7-44-20)23(38)39)4-29-17(35)1-10(2-18(36)30-5-12(27)21-33-15(8-45-21)24(40)41)3-19(37)31-6-13(28)22-34-16(9-46-22)25(42)43/h7-13H,1-6,26-28H2,(H,29,35)(H,30,36)(H,31,37)(H,38,39)(H,40,41)(H,42,43)/t11-,12-,13-/m0/s1. The molecule has 0 bridgehead atoms. The highest BCUT2D eigenvalue weighted by molar-refractivity contribution is 5.86. The van der Waals surface area contributed by atoms with Crippen LogP contribution in [0.25, 0.3) is 0 Å². The summed E-state index contributed by atoms with van der Waals surface area (Å²) in [6, 6.07) is -3.00. The van der Waals surface area contributed by atoms with Gasteiger partial charge in [-0.3, -0.25) is 14.4 Å². The minimum atomic E-state index is -1.33. The van der Waals surface area contributed by atoms with Crippen LogP contribution >= 0.6 is 0 Å². The molecular formula is C25H31N9O12. The first kappa shape index (κ1) is 34.8. The first-order chi connectivity index (χ1) is 21.7. The lowest BCUT2D eigenvalue weighted by Gasteiger charge is -2.18. The zero-order valence-corrected chi connectivity index (χ0v) is 23.9. The van der Waals surface area contributed by atoms with E-state index in [9.17, 15) is 28.8 Å². The number of oxazole rings is 3. The smallest absolute Gasteiger partial charge is 0.357 e. The number of nitrogens with zero attached hydrogens (tertiary/aromatic N) is 3. The van der Waals surface area contributed by atoms with Crippen LogP contribution in [0.2, 0.25) is 0 Å². The predicted octanol–water partition coefficient (Wildman–Crippen LogP) is -1.72. The fraction of sp³-hybridized carbons (Fsp3) is 0.400. The predicted molar refractivity (Wildman–Crippen MR) is 148 cm³/mol. The fourth-order valence-electron chi connectivity index (χ4n) is 3.82. The van der Waals surface area contributed by atoms with Gasteiger partial charge in [-0.1, -0.05) is 0 Å². The van der Waals surface area contributed by atoms with Crippen molar-refractivity contribution in [3.05, 3.63) is 53.5 Å². The van der Waals surface area contributed by atoms with Gasteiger partial charge >= 0.3 is 17.9 Å². The highest BCUT2D eigenvalue weighted by Crippen LogP contribution is 2.17. The Hall–Kier alpha value is -5.67. The minimum Gasteiger partial charge on any atom is -0.476 e. The minimum absolute atomic E-state index is 0.135. The third-order valence-corrected chi connectivity index (χ3v) is 6.15. The van der Waals surface area contributed by atoms with Gasteiger partial charge in [-0.05, 0) is 5.92 Å². The van der Waals surface area contributed by atoms with E-state index >= 15 is 0 Å². The van der Waals surface area contributed by atoms with Gasteiger partial charge < -0.3 is 61.7 Å². The van der Waals surface area contributed by atoms with Crippen molar-refractivity contribution in [3.63, 3.8) is 0 Å². The highest BCUT2D eigenvalue weighted by atomic mass is 16.4. The Kier molecular flexibility index (Phi) is 12.0. The van der Waals surface area contributed by atoms with E-state index in [0.717, 1.165) is 18.8 Å². The van der Waals surface area contributed by atoms with E-state index in [1.54, 1.807) is 0 Å². The van der Waals surface area contributed by atoms with E-state index in [0.29, 0.717) is 0 Å². The number of rotatable bonds is 18. The molecule has 0 aliphatic heterocycles. The maximum absolute atomic E-state index is 12.7. The monoisotopic (exact) mass is 649 g/mol. The van der Waals surface area contributed by atoms with Crippen LogP contribution in [0.4, 0.5) is 0 Å². The summed E-state index contributed by atoms with van der Waals surface area (Å²) < 4.78 is 15.0. The first-order valence-electron chi connectivity index (χ1n) is 13.4. The Bertz CT molecular complexity index is 1380. The van der Waals surface area contributed by atoms with Crippen molar-refractivity contribution in [2.24, 2.45) is 23.1 Å². The van der Waals surface area contributed by atoms with Gasteiger partial charge in [0, 0.05) is 38.9 Å². The second kappa shape index (κ2) is 15.9. The molecule has 3 heterocycles. The molecular weight excluding hydrogens is 618 g/mol. The number of aromatic nitrogens is 3. The van der Waals surface area contributed by atoms with Crippen molar-refractivity contribution in [3.8, 4) is 0 Å². The van der Waals surface area contributed by atoms with Gasteiger partial charge in [-0.2, -0.15) is 0 Å². The van der Waals surface area contributed by atoms with Gasteiger partial charge in [0.25, 0.3) is 0 Å². The van der Waals surface area contributed by atoms with Crippen LogP contribution in [-0.2, 0) is 14.4 Å². The van der Waals surface area contributed by atoms with Crippen molar-refractivity contribution < 1.29 is 57.3 Å². The van der Waals surface area contributed by atoms with Crippen LogP contribution in [0.1, 0.15) is 86.5 Å². The Labute approximate surface area is 257 Å². The molecule has 3 aromatic heterocycles. The fourth-order valence-corrected chi connectivity index (χ4v) is 3.82. The average Bonchev–Trinajstić information content (AvgIpc) is 3.78. The lowest BCUT2D eigenvalue weighted by molar-refractivity contribution is -0.126. The summed E-state index contributed by atoms with van der Waals surface area (Å²) in [5.41, 5.74) is 16.6. The summed E-state index contributed by atoms with van der Waals surface area (Å²) in [6.07, 6.45) is 1.68. The Morgan fingerprint density at radius 3 is 1.04 bits per heavy atom. The van der Waals surface area contributed by atoms with E-state index in [-0.39, 0.29) is 73.7 Å². The second-order valence-corrected chi connectivity index (χ2v) is 9.84. The number of hydrogen-bond donors (Lipinski definition) is 9. The number of hydrogen-bond acceptors (Lipinski definition) is 15. The highest BCUT2D eigenvalue weighted by Gasteiger charge is 2.25. The van der Waals surface area contributed by atoms with Crippen molar-refractivity contribution in [1.82, 2.24) is 30.9 Å². The topological polar surface area (TPSA) is 355 Å². The van der Waals surface area contributed by atoms with Crippen LogP contribution in [0.15, 0.2) is 32.0 Å². The van der Waals surface area contributed by atoms with Crippen molar-refractivity contribution in [2.45, 2.75) is 37.4 Å². The molecule has 0 aromatic carbocycles. The number of nitrogens with one attached hydrogen (secondary N) is 3. The third-order valence-electron chi connectivity index (χ3n) is 6.15. The van der Waals surface area contributed by atoms with E-state index in [1.807, 2.05) is 0 Å². The van der Waals surface area contributed by atoms with Crippen LogP contribution in [-0.4, -0.2) is 85.5 Å². The van der Waals surface area contributed by atoms with Gasteiger partial charge in [0.05, 0.1) is 18.1 Å². The molecule has 0 radical (unpaired) electrons. The lowest BCUT2D eigenvalue weighted by atomic mass is 9.95. The van der Waals surface area contributed by atoms with Gasteiger partial charge in [0.15, 0.2) is 17.1 Å². The Morgan fingerprint density at radius 1 is 0.565 bits per heavy atom. The summed E-state index contributed by atoms with van der Waals surface area (Å²) in [6.45, 7) is -0.636. The molecule has 46 heavy (non-hydrogen) atoms. The molecule has 0 aliphatic rings. The zero-order chi connectivity index (χ0) is 34.0. The molecule has 3 rings (SSSR count). The number of carbonyl (C=O) groups excluding carboxylic acids is 3. The van der Waals surface area contributed by atoms with Gasteiger partial charge in [0.1, 0.15) is 18.8 Å². The van der Waals surface area contributed by atoms with Gasteiger partial charge in [0.2, 0.25) is 35.4 Å². The summed E-state index contributed by atoms with van der Waals surface area (Å²) in [5, 5.41) is 34.4. The average molecular weight is 650 g/mol. The largest absolute Gasteiger partial charge is 0.476 e. The molecule has 3 amide bonds. The number of nitrogens with two attached hydrogens (primary N) is 3. The number of carboxylic acids is 3. The molecule has 0 unspecified atom stereocenters. The molecule has 3 atom stereocenters. The molecule has 0 spiro atoms. The van der Waals surface area contributed by atoms with Crippen molar-refractivity contribution in [1.29, 1.82) is 0 Å². The molecule has 21 heteroatoms. The van der Waals surface area contributed by atoms with Crippen molar-refractivity contribution >= 4 is 35.6 Å².